The van der Waals surface area contributed by atoms with Crippen LogP contribution in [0.15, 0.2) is 42.7 Å². The first-order valence-corrected chi connectivity index (χ1v) is 9.11. The lowest BCUT2D eigenvalue weighted by Crippen LogP contribution is -2.27. The molecule has 0 radical (unpaired) electrons. The maximum Gasteiger partial charge on any atom is 0.274 e. The van der Waals surface area contributed by atoms with Crippen molar-refractivity contribution >= 4 is 29.1 Å². The number of halogens is 2. The molecule has 0 fully saturated rings. The predicted molar refractivity (Wildman–Crippen MR) is 103 cm³/mol. The number of hydrogen-bond donors (Lipinski definition) is 0. The molecule has 0 aliphatic carbocycles. The highest BCUT2D eigenvalue weighted by molar-refractivity contribution is 6.32. The molecule has 3 aromatic rings. The molecular formula is C18H19Cl2N5O2. The van der Waals surface area contributed by atoms with Crippen molar-refractivity contribution < 1.29 is 9.53 Å². The first-order chi connectivity index (χ1) is 13.0. The van der Waals surface area contributed by atoms with Crippen molar-refractivity contribution in [2.45, 2.75) is 26.7 Å². The van der Waals surface area contributed by atoms with E-state index in [2.05, 4.69) is 10.2 Å². The molecule has 0 N–H and O–H groups in total. The molecule has 0 saturated heterocycles. The zero-order chi connectivity index (χ0) is 19.4. The van der Waals surface area contributed by atoms with Crippen molar-refractivity contribution in [1.29, 1.82) is 0 Å². The standard InChI is InChI=1S/C18H19Cl2N5O2/c1-3-24-10-14(20)16(22-24)11-23(2)18(26)15-8-9-25(21-15)12-27-17-7-5-4-6-13(17)19/h4-10H,3,11-12H2,1-2H3. The highest BCUT2D eigenvalue weighted by Crippen LogP contribution is 2.23. The molecule has 0 saturated carbocycles. The third-order valence-electron chi connectivity index (χ3n) is 3.89. The van der Waals surface area contributed by atoms with Gasteiger partial charge < -0.3 is 9.64 Å². The second kappa shape index (κ2) is 8.45. The van der Waals surface area contributed by atoms with Gasteiger partial charge in [0.15, 0.2) is 12.4 Å². The molecule has 0 atom stereocenters. The Morgan fingerprint density at radius 1 is 1.15 bits per heavy atom. The van der Waals surface area contributed by atoms with Crippen LogP contribution in [0.5, 0.6) is 5.75 Å². The summed E-state index contributed by atoms with van der Waals surface area (Å²) in [6.45, 7) is 3.13. The number of carbonyl (C=O) groups is 1. The van der Waals surface area contributed by atoms with Crippen molar-refractivity contribution in [3.63, 3.8) is 0 Å². The third-order valence-corrected chi connectivity index (χ3v) is 4.52. The number of aryl methyl sites for hydroxylation is 1. The van der Waals surface area contributed by atoms with Crippen LogP contribution in [0.1, 0.15) is 23.1 Å². The highest BCUT2D eigenvalue weighted by Gasteiger charge is 2.18. The van der Waals surface area contributed by atoms with Gasteiger partial charge in [-0.15, -0.1) is 0 Å². The molecule has 0 aliphatic rings. The van der Waals surface area contributed by atoms with Crippen LogP contribution < -0.4 is 4.74 Å². The Bertz CT molecular complexity index is 937. The summed E-state index contributed by atoms with van der Waals surface area (Å²) in [7, 11) is 1.68. The van der Waals surface area contributed by atoms with E-state index in [0.29, 0.717) is 40.3 Å². The second-order valence-electron chi connectivity index (χ2n) is 5.88. The number of benzene rings is 1. The normalized spacial score (nSPS) is 10.8. The zero-order valence-electron chi connectivity index (χ0n) is 15.0. The lowest BCUT2D eigenvalue weighted by atomic mass is 10.3. The maximum absolute atomic E-state index is 12.6. The van der Waals surface area contributed by atoms with E-state index in [1.54, 1.807) is 42.3 Å². The van der Waals surface area contributed by atoms with Crippen LogP contribution in [0, 0.1) is 0 Å². The molecule has 0 aliphatic heterocycles. The number of amides is 1. The van der Waals surface area contributed by atoms with Gasteiger partial charge in [0.2, 0.25) is 0 Å². The number of rotatable bonds is 7. The van der Waals surface area contributed by atoms with E-state index in [0.717, 1.165) is 0 Å². The van der Waals surface area contributed by atoms with Gasteiger partial charge in [-0.05, 0) is 25.1 Å². The van der Waals surface area contributed by atoms with Gasteiger partial charge in [-0.2, -0.15) is 10.2 Å². The van der Waals surface area contributed by atoms with Gasteiger partial charge in [0.25, 0.3) is 5.91 Å². The summed E-state index contributed by atoms with van der Waals surface area (Å²) in [5.74, 6) is 0.328. The van der Waals surface area contributed by atoms with Crippen LogP contribution in [0.4, 0.5) is 0 Å². The third kappa shape index (κ3) is 4.61. The highest BCUT2D eigenvalue weighted by atomic mass is 35.5. The van der Waals surface area contributed by atoms with Crippen LogP contribution in [0.2, 0.25) is 10.0 Å². The summed E-state index contributed by atoms with van der Waals surface area (Å²) in [6, 6.07) is 8.81. The lowest BCUT2D eigenvalue weighted by molar-refractivity contribution is 0.0775. The molecule has 0 unspecified atom stereocenters. The van der Waals surface area contributed by atoms with Crippen molar-refractivity contribution in [2.24, 2.45) is 0 Å². The first kappa shape index (κ1) is 19.3. The fraction of sp³-hybridized carbons (Fsp3) is 0.278. The Morgan fingerprint density at radius 2 is 1.93 bits per heavy atom. The number of carbonyl (C=O) groups excluding carboxylic acids is 1. The Morgan fingerprint density at radius 3 is 2.63 bits per heavy atom. The SMILES string of the molecule is CCn1cc(Cl)c(CN(C)C(=O)c2ccn(COc3ccccc3Cl)n2)n1. The number of aromatic nitrogens is 4. The van der Waals surface area contributed by atoms with Gasteiger partial charge in [-0.1, -0.05) is 35.3 Å². The van der Waals surface area contributed by atoms with Crippen LogP contribution in [-0.4, -0.2) is 37.4 Å². The monoisotopic (exact) mass is 407 g/mol. The van der Waals surface area contributed by atoms with E-state index < -0.39 is 0 Å². The molecule has 1 amide bonds. The van der Waals surface area contributed by atoms with E-state index >= 15 is 0 Å². The number of ether oxygens (including phenoxy) is 1. The van der Waals surface area contributed by atoms with Gasteiger partial charge >= 0.3 is 0 Å². The largest absolute Gasteiger partial charge is 0.470 e. The predicted octanol–water partition coefficient (Wildman–Crippen LogP) is 3.72. The summed E-state index contributed by atoms with van der Waals surface area (Å²) in [6.07, 6.45) is 3.42. The Balaban J connectivity index is 1.62. The van der Waals surface area contributed by atoms with Crippen LogP contribution in [0.25, 0.3) is 0 Å². The molecule has 1 aromatic carbocycles. The van der Waals surface area contributed by atoms with Crippen LogP contribution in [-0.2, 0) is 19.8 Å². The van der Waals surface area contributed by atoms with Crippen molar-refractivity contribution in [1.82, 2.24) is 24.5 Å². The molecule has 3 rings (SSSR count). The minimum Gasteiger partial charge on any atom is -0.470 e. The Labute approximate surface area is 167 Å². The minimum atomic E-state index is -0.228. The summed E-state index contributed by atoms with van der Waals surface area (Å²) in [5.41, 5.74) is 0.960. The van der Waals surface area contributed by atoms with E-state index in [9.17, 15) is 4.79 Å². The Kier molecular flexibility index (Phi) is 6.03. The van der Waals surface area contributed by atoms with Crippen molar-refractivity contribution in [2.75, 3.05) is 7.05 Å². The second-order valence-corrected chi connectivity index (χ2v) is 6.70. The van der Waals surface area contributed by atoms with Crippen LogP contribution in [0.3, 0.4) is 0 Å². The number of nitrogens with zero attached hydrogens (tertiary/aromatic N) is 5. The molecule has 142 valence electrons. The van der Waals surface area contributed by atoms with E-state index in [-0.39, 0.29) is 12.6 Å². The molecule has 2 heterocycles. The van der Waals surface area contributed by atoms with Gasteiger partial charge in [0, 0.05) is 26.0 Å². The van der Waals surface area contributed by atoms with Crippen molar-refractivity contribution in [3.05, 3.63) is 64.2 Å². The van der Waals surface area contributed by atoms with Crippen LogP contribution >= 0.6 is 23.2 Å². The Hall–Kier alpha value is -2.51. The molecule has 0 spiro atoms. The lowest BCUT2D eigenvalue weighted by Gasteiger charge is -2.14. The summed E-state index contributed by atoms with van der Waals surface area (Å²) in [5, 5.41) is 9.67. The fourth-order valence-electron chi connectivity index (χ4n) is 2.44. The van der Waals surface area contributed by atoms with Gasteiger partial charge in [0.05, 0.1) is 16.6 Å². The average molecular weight is 408 g/mol. The molecular weight excluding hydrogens is 389 g/mol. The number of para-hydroxylation sites is 1. The van der Waals surface area contributed by atoms with E-state index in [1.165, 1.54) is 9.58 Å². The first-order valence-electron chi connectivity index (χ1n) is 8.36. The molecule has 2 aromatic heterocycles. The smallest absolute Gasteiger partial charge is 0.274 e. The van der Waals surface area contributed by atoms with Gasteiger partial charge in [-0.3, -0.25) is 9.48 Å². The fourth-order valence-corrected chi connectivity index (χ4v) is 2.84. The minimum absolute atomic E-state index is 0.146. The van der Waals surface area contributed by atoms with E-state index in [1.807, 2.05) is 19.1 Å². The maximum atomic E-state index is 12.6. The number of hydrogen-bond acceptors (Lipinski definition) is 4. The summed E-state index contributed by atoms with van der Waals surface area (Å²) in [4.78, 5) is 14.1. The quantitative estimate of drug-likeness (QED) is 0.598. The van der Waals surface area contributed by atoms with Gasteiger partial charge in [-0.25, -0.2) is 4.68 Å². The molecule has 7 nitrogen and oxygen atoms in total. The summed E-state index contributed by atoms with van der Waals surface area (Å²) < 4.78 is 8.88. The zero-order valence-corrected chi connectivity index (χ0v) is 16.5. The van der Waals surface area contributed by atoms with E-state index in [4.69, 9.17) is 27.9 Å². The van der Waals surface area contributed by atoms with Gasteiger partial charge in [0.1, 0.15) is 11.4 Å². The topological polar surface area (TPSA) is 65.2 Å². The molecule has 9 heteroatoms. The average Bonchev–Trinajstić information content (AvgIpc) is 3.27. The molecule has 0 bridgehead atoms. The van der Waals surface area contributed by atoms with Crippen molar-refractivity contribution in [3.8, 4) is 5.75 Å². The summed E-state index contributed by atoms with van der Waals surface area (Å²) >= 11 is 12.2. The molecule has 27 heavy (non-hydrogen) atoms.